The first-order valence-electron chi connectivity index (χ1n) is 10.7. The van der Waals surface area contributed by atoms with Gasteiger partial charge < -0.3 is 9.47 Å². The van der Waals surface area contributed by atoms with E-state index in [0.717, 1.165) is 38.9 Å². The van der Waals surface area contributed by atoms with Crippen molar-refractivity contribution >= 4 is 15.9 Å². The Balaban J connectivity index is 1.36. The quantitative estimate of drug-likeness (QED) is 0.701. The van der Waals surface area contributed by atoms with Gasteiger partial charge in [-0.2, -0.15) is 4.31 Å². The number of carbonyl (C=O) groups excluding carboxylic acids is 1. The maximum atomic E-state index is 13.0. The van der Waals surface area contributed by atoms with Crippen molar-refractivity contribution in [3.8, 4) is 0 Å². The second-order valence-corrected chi connectivity index (χ2v) is 10.1. The van der Waals surface area contributed by atoms with Crippen molar-refractivity contribution in [2.75, 3.05) is 45.8 Å². The van der Waals surface area contributed by atoms with E-state index in [2.05, 4.69) is 29.2 Å². The summed E-state index contributed by atoms with van der Waals surface area (Å²) in [4.78, 5) is 17.5. The maximum Gasteiger partial charge on any atom is 0.270 e. The Hall–Kier alpha value is -2.16. The molecule has 0 bridgehead atoms. The molecular formula is C22H30N4O3S. The fourth-order valence-electron chi connectivity index (χ4n) is 4.23. The van der Waals surface area contributed by atoms with Crippen LogP contribution in [0.2, 0.25) is 0 Å². The molecule has 0 aliphatic carbocycles. The molecule has 1 aromatic heterocycles. The zero-order valence-corrected chi connectivity index (χ0v) is 18.4. The van der Waals surface area contributed by atoms with Gasteiger partial charge in [0.25, 0.3) is 5.91 Å². The van der Waals surface area contributed by atoms with E-state index in [-0.39, 0.29) is 10.8 Å². The molecule has 7 nitrogen and oxygen atoms in total. The van der Waals surface area contributed by atoms with Crippen molar-refractivity contribution in [2.45, 2.75) is 24.2 Å². The van der Waals surface area contributed by atoms with E-state index >= 15 is 0 Å². The van der Waals surface area contributed by atoms with Gasteiger partial charge in [-0.3, -0.25) is 9.69 Å². The minimum atomic E-state index is -3.51. The molecule has 0 N–H and O–H groups in total. The molecule has 2 aliphatic heterocycles. The lowest BCUT2D eigenvalue weighted by Gasteiger charge is -2.34. The molecule has 2 fully saturated rings. The number of hydrogen-bond acceptors (Lipinski definition) is 4. The van der Waals surface area contributed by atoms with E-state index in [1.54, 1.807) is 17.8 Å². The number of aryl methyl sites for hydroxylation is 1. The van der Waals surface area contributed by atoms with Gasteiger partial charge in [-0.25, -0.2) is 8.42 Å². The van der Waals surface area contributed by atoms with E-state index < -0.39 is 10.0 Å². The summed E-state index contributed by atoms with van der Waals surface area (Å²) in [6, 6.07) is 12.0. The average Bonchev–Trinajstić information content (AvgIpc) is 3.44. The summed E-state index contributed by atoms with van der Waals surface area (Å²) in [6.07, 6.45) is 4.36. The predicted octanol–water partition coefficient (Wildman–Crippen LogP) is 1.81. The molecule has 0 atom stereocenters. The number of sulfonamides is 1. The fraction of sp³-hybridized carbons (Fsp3) is 0.500. The summed E-state index contributed by atoms with van der Waals surface area (Å²) in [5.74, 6) is -0.0944. The summed E-state index contributed by atoms with van der Waals surface area (Å²) in [6.45, 7) is 5.09. The highest BCUT2D eigenvalue weighted by atomic mass is 32.2. The van der Waals surface area contributed by atoms with Crippen molar-refractivity contribution in [3.63, 3.8) is 0 Å². The Morgan fingerprint density at radius 3 is 2.30 bits per heavy atom. The highest BCUT2D eigenvalue weighted by Crippen LogP contribution is 2.23. The van der Waals surface area contributed by atoms with Crippen LogP contribution in [0.15, 0.2) is 47.5 Å². The first-order chi connectivity index (χ1) is 14.4. The van der Waals surface area contributed by atoms with E-state index in [4.69, 9.17) is 0 Å². The first-order valence-corrected chi connectivity index (χ1v) is 12.1. The van der Waals surface area contributed by atoms with Crippen LogP contribution >= 0.6 is 0 Å². The van der Waals surface area contributed by atoms with Crippen molar-refractivity contribution in [1.82, 2.24) is 18.7 Å². The van der Waals surface area contributed by atoms with Gasteiger partial charge in [0.1, 0.15) is 10.6 Å². The van der Waals surface area contributed by atoms with E-state index in [1.165, 1.54) is 15.9 Å². The Kier molecular flexibility index (Phi) is 6.26. The molecule has 162 valence electrons. The Labute approximate surface area is 178 Å². The van der Waals surface area contributed by atoms with Gasteiger partial charge in [0.05, 0.1) is 0 Å². The number of hydrogen-bond donors (Lipinski definition) is 0. The van der Waals surface area contributed by atoms with Gasteiger partial charge in [0, 0.05) is 59.1 Å². The highest BCUT2D eigenvalue weighted by Gasteiger charge is 2.31. The zero-order valence-electron chi connectivity index (χ0n) is 17.5. The minimum absolute atomic E-state index is 0.0944. The van der Waals surface area contributed by atoms with Crippen LogP contribution in [0.3, 0.4) is 0 Å². The normalized spacial score (nSPS) is 18.8. The number of piperazine rings is 1. The monoisotopic (exact) mass is 430 g/mol. The molecule has 1 amide bonds. The molecule has 1 aromatic carbocycles. The van der Waals surface area contributed by atoms with Crippen LogP contribution in [0.5, 0.6) is 0 Å². The molecule has 0 spiro atoms. The van der Waals surface area contributed by atoms with E-state index in [9.17, 15) is 13.2 Å². The summed E-state index contributed by atoms with van der Waals surface area (Å²) in [5.41, 5.74) is 1.76. The summed E-state index contributed by atoms with van der Waals surface area (Å²) in [7, 11) is -1.77. The zero-order chi connectivity index (χ0) is 21.1. The lowest BCUT2D eigenvalue weighted by molar-refractivity contribution is 0.0629. The molecular weight excluding hydrogens is 400 g/mol. The lowest BCUT2D eigenvalue weighted by Crippen LogP contribution is -2.49. The second kappa shape index (κ2) is 8.91. The molecule has 8 heteroatoms. The minimum Gasteiger partial charge on any atom is -0.345 e. The van der Waals surface area contributed by atoms with Crippen LogP contribution in [-0.4, -0.2) is 78.8 Å². The van der Waals surface area contributed by atoms with Crippen LogP contribution in [0, 0.1) is 0 Å². The molecule has 2 aliphatic rings. The van der Waals surface area contributed by atoms with Gasteiger partial charge >= 0.3 is 0 Å². The third-order valence-corrected chi connectivity index (χ3v) is 7.98. The number of benzene rings is 1. The molecule has 4 rings (SSSR count). The molecule has 0 saturated carbocycles. The molecule has 2 aromatic rings. The van der Waals surface area contributed by atoms with Gasteiger partial charge in [-0.1, -0.05) is 30.3 Å². The average molecular weight is 431 g/mol. The number of carbonyl (C=O) groups is 1. The SMILES string of the molecule is Cn1cc(S(=O)(=O)N2CCCC2)cc1C(=O)N1CCN(CCc2ccccc2)CC1. The third-order valence-electron chi connectivity index (χ3n) is 6.12. The number of amides is 1. The highest BCUT2D eigenvalue weighted by molar-refractivity contribution is 7.89. The smallest absolute Gasteiger partial charge is 0.270 e. The van der Waals surface area contributed by atoms with Crippen LogP contribution in [0.4, 0.5) is 0 Å². The van der Waals surface area contributed by atoms with Gasteiger partial charge in [-0.15, -0.1) is 0 Å². The standard InChI is InChI=1S/C22H30N4O3S/c1-23-18-20(30(28,29)26-10-5-6-11-26)17-21(23)22(27)25-15-13-24(14-16-25)12-9-19-7-3-2-4-8-19/h2-4,7-8,17-18H,5-6,9-16H2,1H3. The van der Waals surface area contributed by atoms with Crippen molar-refractivity contribution in [1.29, 1.82) is 0 Å². The van der Waals surface area contributed by atoms with Crippen molar-refractivity contribution < 1.29 is 13.2 Å². The van der Waals surface area contributed by atoms with E-state index in [1.807, 2.05) is 11.0 Å². The summed E-state index contributed by atoms with van der Waals surface area (Å²) < 4.78 is 28.8. The van der Waals surface area contributed by atoms with Crippen molar-refractivity contribution in [3.05, 3.63) is 53.9 Å². The Morgan fingerprint density at radius 1 is 0.967 bits per heavy atom. The summed E-state index contributed by atoms with van der Waals surface area (Å²) in [5, 5.41) is 0. The predicted molar refractivity (Wildman–Crippen MR) is 116 cm³/mol. The van der Waals surface area contributed by atoms with Crippen LogP contribution in [-0.2, 0) is 23.5 Å². The lowest BCUT2D eigenvalue weighted by atomic mass is 10.1. The second-order valence-electron chi connectivity index (χ2n) is 8.15. The number of nitrogens with zero attached hydrogens (tertiary/aromatic N) is 4. The Morgan fingerprint density at radius 2 is 1.63 bits per heavy atom. The van der Waals surface area contributed by atoms with Gasteiger partial charge in [-0.05, 0) is 30.9 Å². The molecule has 30 heavy (non-hydrogen) atoms. The van der Waals surface area contributed by atoms with Crippen LogP contribution in [0.1, 0.15) is 28.9 Å². The fourth-order valence-corrected chi connectivity index (χ4v) is 5.82. The van der Waals surface area contributed by atoms with Crippen LogP contribution < -0.4 is 0 Å². The van der Waals surface area contributed by atoms with Gasteiger partial charge in [0.15, 0.2) is 0 Å². The molecule has 0 unspecified atom stereocenters. The third kappa shape index (κ3) is 4.45. The van der Waals surface area contributed by atoms with Crippen LogP contribution in [0.25, 0.3) is 0 Å². The van der Waals surface area contributed by atoms with Gasteiger partial charge in [0.2, 0.25) is 10.0 Å². The first kappa shape index (κ1) is 21.1. The topological polar surface area (TPSA) is 65.9 Å². The summed E-state index contributed by atoms with van der Waals surface area (Å²) >= 11 is 0. The molecule has 3 heterocycles. The number of rotatable bonds is 6. The largest absolute Gasteiger partial charge is 0.345 e. The molecule has 0 radical (unpaired) electrons. The maximum absolute atomic E-state index is 13.0. The number of aromatic nitrogens is 1. The molecule has 2 saturated heterocycles. The van der Waals surface area contributed by atoms with Crippen molar-refractivity contribution in [2.24, 2.45) is 7.05 Å². The van der Waals surface area contributed by atoms with E-state index in [0.29, 0.717) is 31.9 Å². The Bertz CT molecular complexity index is 973.